The van der Waals surface area contributed by atoms with Crippen molar-refractivity contribution in [2.75, 3.05) is 0 Å². The topological polar surface area (TPSA) is 20.2 Å². The molecule has 1 rings (SSSR count). The second kappa shape index (κ2) is 3.84. The molecule has 0 spiro atoms. The third-order valence-corrected chi connectivity index (χ3v) is 1.90. The van der Waals surface area contributed by atoms with Gasteiger partial charge in [0.2, 0.25) is 0 Å². The Morgan fingerprint density at radius 3 is 2.43 bits per heavy atom. The molecule has 0 saturated carbocycles. The first-order chi connectivity index (χ1) is 6.50. The molecule has 0 saturated heterocycles. The van der Waals surface area contributed by atoms with Gasteiger partial charge in [0.05, 0.1) is 12.2 Å². The van der Waals surface area contributed by atoms with Crippen LogP contribution in [0.5, 0.6) is 0 Å². The van der Waals surface area contributed by atoms with E-state index in [2.05, 4.69) is 6.58 Å². The maximum atomic E-state index is 12.4. The van der Waals surface area contributed by atoms with E-state index >= 15 is 0 Å². The Balaban J connectivity index is 3.36. The van der Waals surface area contributed by atoms with Crippen molar-refractivity contribution in [3.8, 4) is 0 Å². The molecule has 4 heteroatoms. The molecule has 1 aromatic carbocycles. The average molecular weight is 202 g/mol. The fourth-order valence-electron chi connectivity index (χ4n) is 1.24. The highest BCUT2D eigenvalue weighted by atomic mass is 19.4. The molecule has 0 aliphatic carbocycles. The number of rotatable bonds is 2. The summed E-state index contributed by atoms with van der Waals surface area (Å²) >= 11 is 0. The van der Waals surface area contributed by atoms with Gasteiger partial charge >= 0.3 is 6.18 Å². The van der Waals surface area contributed by atoms with E-state index in [-0.39, 0.29) is 5.56 Å². The number of alkyl halides is 3. The lowest BCUT2D eigenvalue weighted by Crippen LogP contribution is -2.10. The van der Waals surface area contributed by atoms with Crippen molar-refractivity contribution in [3.63, 3.8) is 0 Å². The third-order valence-electron chi connectivity index (χ3n) is 1.90. The lowest BCUT2D eigenvalue weighted by atomic mass is 10.0. The van der Waals surface area contributed by atoms with Gasteiger partial charge in [0.15, 0.2) is 0 Å². The Morgan fingerprint density at radius 1 is 1.36 bits per heavy atom. The van der Waals surface area contributed by atoms with Crippen LogP contribution in [-0.4, -0.2) is 5.11 Å². The number of hydrogen-bond donors (Lipinski definition) is 1. The Labute approximate surface area is 79.5 Å². The molecular formula is C10H9F3O. The molecule has 1 N–H and O–H groups in total. The molecule has 0 bridgehead atoms. The summed E-state index contributed by atoms with van der Waals surface area (Å²) in [6.07, 6.45) is -3.14. The summed E-state index contributed by atoms with van der Waals surface area (Å²) in [4.78, 5) is 0. The Kier molecular flexibility index (Phi) is 2.96. The standard InChI is InChI=1S/C10H9F3O/c1-2-7-4-3-5-9(8(7)6-14)10(11,12)13/h2-5,14H,1,6H2. The highest BCUT2D eigenvalue weighted by molar-refractivity contribution is 5.54. The van der Waals surface area contributed by atoms with Crippen molar-refractivity contribution in [1.82, 2.24) is 0 Å². The first-order valence-electron chi connectivity index (χ1n) is 3.93. The highest BCUT2D eigenvalue weighted by Crippen LogP contribution is 2.33. The number of aliphatic hydroxyl groups is 1. The van der Waals surface area contributed by atoms with Crippen LogP contribution in [0, 0.1) is 0 Å². The fourth-order valence-corrected chi connectivity index (χ4v) is 1.24. The lowest BCUT2D eigenvalue weighted by molar-refractivity contribution is -0.138. The molecule has 0 heterocycles. The van der Waals surface area contributed by atoms with Crippen molar-refractivity contribution in [2.45, 2.75) is 12.8 Å². The number of aliphatic hydroxyl groups excluding tert-OH is 1. The van der Waals surface area contributed by atoms with E-state index in [0.717, 1.165) is 6.07 Å². The summed E-state index contributed by atoms with van der Waals surface area (Å²) < 4.78 is 37.2. The minimum Gasteiger partial charge on any atom is -0.392 e. The van der Waals surface area contributed by atoms with Gasteiger partial charge in [-0.05, 0) is 17.2 Å². The zero-order valence-electron chi connectivity index (χ0n) is 7.30. The molecule has 0 amide bonds. The van der Waals surface area contributed by atoms with Crippen LogP contribution in [0.25, 0.3) is 6.08 Å². The number of halogens is 3. The van der Waals surface area contributed by atoms with Gasteiger partial charge in [-0.3, -0.25) is 0 Å². The maximum Gasteiger partial charge on any atom is 0.416 e. The van der Waals surface area contributed by atoms with Crippen molar-refractivity contribution < 1.29 is 18.3 Å². The van der Waals surface area contributed by atoms with Gasteiger partial charge in [-0.2, -0.15) is 13.2 Å². The smallest absolute Gasteiger partial charge is 0.392 e. The van der Waals surface area contributed by atoms with Crippen molar-refractivity contribution >= 4 is 6.08 Å². The Morgan fingerprint density at radius 2 is 2.00 bits per heavy atom. The highest BCUT2D eigenvalue weighted by Gasteiger charge is 2.33. The molecular weight excluding hydrogens is 193 g/mol. The van der Waals surface area contributed by atoms with E-state index in [9.17, 15) is 13.2 Å². The fraction of sp³-hybridized carbons (Fsp3) is 0.200. The van der Waals surface area contributed by atoms with Crippen molar-refractivity contribution in [2.24, 2.45) is 0 Å². The van der Waals surface area contributed by atoms with Gasteiger partial charge in [0, 0.05) is 0 Å². The normalized spacial score (nSPS) is 11.4. The van der Waals surface area contributed by atoms with Crippen LogP contribution >= 0.6 is 0 Å². The molecule has 0 aromatic heterocycles. The molecule has 0 unspecified atom stereocenters. The summed E-state index contributed by atoms with van der Waals surface area (Å²) in [6.45, 7) is 2.74. The molecule has 0 atom stereocenters. The predicted octanol–water partition coefficient (Wildman–Crippen LogP) is 2.84. The molecule has 1 nitrogen and oxygen atoms in total. The second-order valence-electron chi connectivity index (χ2n) is 2.73. The van der Waals surface area contributed by atoms with E-state index in [1.165, 1.54) is 18.2 Å². The summed E-state index contributed by atoms with van der Waals surface area (Å²) in [5, 5.41) is 8.85. The van der Waals surface area contributed by atoms with Crippen molar-refractivity contribution in [1.29, 1.82) is 0 Å². The molecule has 0 aliphatic heterocycles. The third kappa shape index (κ3) is 1.96. The SMILES string of the molecule is C=Cc1cccc(C(F)(F)F)c1CO. The monoisotopic (exact) mass is 202 g/mol. The van der Waals surface area contributed by atoms with Crippen LogP contribution in [0.3, 0.4) is 0 Å². The summed E-state index contributed by atoms with van der Waals surface area (Å²) in [5.74, 6) is 0. The van der Waals surface area contributed by atoms with E-state index in [1.807, 2.05) is 0 Å². The minimum atomic E-state index is -4.43. The van der Waals surface area contributed by atoms with Crippen LogP contribution in [0.1, 0.15) is 16.7 Å². The first-order valence-corrected chi connectivity index (χ1v) is 3.93. The molecule has 0 radical (unpaired) electrons. The quantitative estimate of drug-likeness (QED) is 0.781. The van der Waals surface area contributed by atoms with Gasteiger partial charge < -0.3 is 5.11 Å². The lowest BCUT2D eigenvalue weighted by Gasteiger charge is -2.13. The molecule has 76 valence electrons. The summed E-state index contributed by atoms with van der Waals surface area (Å²) in [5.41, 5.74) is -0.630. The number of hydrogen-bond acceptors (Lipinski definition) is 1. The van der Waals surface area contributed by atoms with Crippen LogP contribution in [-0.2, 0) is 12.8 Å². The van der Waals surface area contributed by atoms with Gasteiger partial charge in [-0.1, -0.05) is 24.8 Å². The molecule has 1 aromatic rings. The van der Waals surface area contributed by atoms with Crippen LogP contribution in [0.4, 0.5) is 13.2 Å². The van der Waals surface area contributed by atoms with E-state index in [4.69, 9.17) is 5.11 Å². The second-order valence-corrected chi connectivity index (χ2v) is 2.73. The minimum absolute atomic E-state index is 0.130. The maximum absolute atomic E-state index is 12.4. The van der Waals surface area contributed by atoms with Crippen LogP contribution < -0.4 is 0 Å². The predicted molar refractivity (Wildman–Crippen MR) is 47.5 cm³/mol. The van der Waals surface area contributed by atoms with E-state index < -0.39 is 18.3 Å². The first kappa shape index (κ1) is 10.8. The Bertz CT molecular complexity index is 342. The van der Waals surface area contributed by atoms with Crippen LogP contribution in [0.2, 0.25) is 0 Å². The van der Waals surface area contributed by atoms with Gasteiger partial charge in [0.1, 0.15) is 0 Å². The molecule has 14 heavy (non-hydrogen) atoms. The van der Waals surface area contributed by atoms with E-state index in [1.54, 1.807) is 0 Å². The summed E-state index contributed by atoms with van der Waals surface area (Å²) in [6, 6.07) is 3.71. The van der Waals surface area contributed by atoms with E-state index in [0.29, 0.717) is 5.56 Å². The summed E-state index contributed by atoms with van der Waals surface area (Å²) in [7, 11) is 0. The molecule has 0 fully saturated rings. The van der Waals surface area contributed by atoms with Gasteiger partial charge in [0.25, 0.3) is 0 Å². The van der Waals surface area contributed by atoms with Gasteiger partial charge in [-0.25, -0.2) is 0 Å². The Hall–Kier alpha value is -1.29. The van der Waals surface area contributed by atoms with Gasteiger partial charge in [-0.15, -0.1) is 0 Å². The largest absolute Gasteiger partial charge is 0.416 e. The average Bonchev–Trinajstić information content (AvgIpc) is 2.15. The zero-order valence-corrected chi connectivity index (χ0v) is 7.30. The molecule has 0 aliphatic rings. The van der Waals surface area contributed by atoms with Crippen LogP contribution in [0.15, 0.2) is 24.8 Å². The zero-order chi connectivity index (χ0) is 10.8. The number of benzene rings is 1. The van der Waals surface area contributed by atoms with Crippen molar-refractivity contribution in [3.05, 3.63) is 41.5 Å².